The van der Waals surface area contributed by atoms with Gasteiger partial charge in [-0.25, -0.2) is 4.79 Å². The standard InChI is InChI=1S/C22H21N5O6S2/c1-2-32-20(31)13-5-7-14(8-6-13)23-17(28)10-16-19(30)27(11-15-4-3-9-33-15)22(35-16)26-25-21-24-18(29)12-34-21/h3-9,16H,2,10-12H2,1H3,(H,23,28)(H,24,25,29)/b26-22-. The van der Waals surface area contributed by atoms with Crippen molar-refractivity contribution in [1.82, 2.24) is 10.2 Å². The molecule has 1 aromatic carbocycles. The van der Waals surface area contributed by atoms with Gasteiger partial charge in [0.25, 0.3) is 0 Å². The van der Waals surface area contributed by atoms with E-state index in [1.165, 1.54) is 22.9 Å². The van der Waals surface area contributed by atoms with Gasteiger partial charge in [0.05, 0.1) is 30.7 Å². The number of carbonyl (C=O) groups is 4. The highest BCUT2D eigenvalue weighted by Crippen LogP contribution is 2.31. The summed E-state index contributed by atoms with van der Waals surface area (Å²) in [5.74, 6) is -0.475. The van der Waals surface area contributed by atoms with Crippen LogP contribution in [0.4, 0.5) is 5.69 Å². The normalized spacial score (nSPS) is 19.9. The highest BCUT2D eigenvalue weighted by Gasteiger charge is 2.40. The fourth-order valence-corrected chi connectivity index (χ4v) is 4.88. The molecule has 2 aliphatic heterocycles. The Labute approximate surface area is 208 Å². The van der Waals surface area contributed by atoms with Crippen molar-refractivity contribution in [1.29, 1.82) is 0 Å². The van der Waals surface area contributed by atoms with Gasteiger partial charge in [0.1, 0.15) is 11.0 Å². The van der Waals surface area contributed by atoms with Crippen LogP contribution in [-0.2, 0) is 25.7 Å². The van der Waals surface area contributed by atoms with Crippen molar-refractivity contribution >= 4 is 63.2 Å². The first kappa shape index (κ1) is 24.5. The first-order chi connectivity index (χ1) is 16.9. The third-order valence-electron chi connectivity index (χ3n) is 4.78. The number of ether oxygens (including phenoxy) is 1. The summed E-state index contributed by atoms with van der Waals surface area (Å²) in [6.07, 6.45) is 1.40. The van der Waals surface area contributed by atoms with Gasteiger partial charge >= 0.3 is 5.97 Å². The van der Waals surface area contributed by atoms with Crippen molar-refractivity contribution < 1.29 is 28.3 Å². The number of benzene rings is 1. The van der Waals surface area contributed by atoms with Gasteiger partial charge in [0, 0.05) is 12.1 Å². The molecule has 0 radical (unpaired) electrons. The summed E-state index contributed by atoms with van der Waals surface area (Å²) >= 11 is 2.33. The van der Waals surface area contributed by atoms with Crippen LogP contribution in [0.25, 0.3) is 0 Å². The molecule has 0 bridgehead atoms. The molecule has 13 heteroatoms. The fraction of sp³-hybridized carbons (Fsp3) is 0.273. The SMILES string of the molecule is CCOC(=O)c1ccc(NC(=O)CC2S/C(=N\N=C3/NC(=O)CS3)N(Cc3ccco3)C2=O)cc1. The maximum Gasteiger partial charge on any atom is 0.338 e. The number of amidine groups is 2. The lowest BCUT2D eigenvalue weighted by molar-refractivity contribution is -0.128. The van der Waals surface area contributed by atoms with Crippen LogP contribution in [0.1, 0.15) is 29.5 Å². The van der Waals surface area contributed by atoms with E-state index in [9.17, 15) is 19.2 Å². The highest BCUT2D eigenvalue weighted by molar-refractivity contribution is 8.15. The molecule has 2 fully saturated rings. The van der Waals surface area contributed by atoms with E-state index in [0.717, 1.165) is 11.8 Å². The van der Waals surface area contributed by atoms with Crippen LogP contribution in [0.5, 0.6) is 0 Å². The van der Waals surface area contributed by atoms with Gasteiger partial charge in [-0.05, 0) is 43.3 Å². The summed E-state index contributed by atoms with van der Waals surface area (Å²) in [6.45, 7) is 2.13. The molecule has 11 nitrogen and oxygen atoms in total. The monoisotopic (exact) mass is 515 g/mol. The number of thioether (sulfide) groups is 2. The number of amides is 3. The largest absolute Gasteiger partial charge is 0.467 e. The van der Waals surface area contributed by atoms with Gasteiger partial charge in [0.2, 0.25) is 17.7 Å². The number of furan rings is 1. The zero-order valence-electron chi connectivity index (χ0n) is 18.6. The summed E-state index contributed by atoms with van der Waals surface area (Å²) in [5, 5.41) is 13.4. The Balaban J connectivity index is 1.43. The topological polar surface area (TPSA) is 143 Å². The first-order valence-corrected chi connectivity index (χ1v) is 12.4. The molecule has 2 aliphatic rings. The molecule has 2 aromatic rings. The summed E-state index contributed by atoms with van der Waals surface area (Å²) in [7, 11) is 0. The summed E-state index contributed by atoms with van der Waals surface area (Å²) in [5.41, 5.74) is 0.860. The number of nitrogens with zero attached hydrogens (tertiary/aromatic N) is 3. The molecular weight excluding hydrogens is 494 g/mol. The van der Waals surface area contributed by atoms with Crippen LogP contribution in [0, 0.1) is 0 Å². The van der Waals surface area contributed by atoms with E-state index in [-0.39, 0.29) is 43.0 Å². The zero-order chi connectivity index (χ0) is 24.8. The van der Waals surface area contributed by atoms with Gasteiger partial charge in [-0.3, -0.25) is 19.3 Å². The van der Waals surface area contributed by atoms with Crippen molar-refractivity contribution in [3.05, 3.63) is 54.0 Å². The summed E-state index contributed by atoms with van der Waals surface area (Å²) in [4.78, 5) is 50.3. The smallest absolute Gasteiger partial charge is 0.338 e. The Morgan fingerprint density at radius 2 is 2.03 bits per heavy atom. The minimum Gasteiger partial charge on any atom is -0.467 e. The molecule has 182 valence electrons. The van der Waals surface area contributed by atoms with Gasteiger partial charge in [-0.15, -0.1) is 10.2 Å². The average molecular weight is 516 g/mol. The van der Waals surface area contributed by atoms with Crippen LogP contribution >= 0.6 is 23.5 Å². The highest BCUT2D eigenvalue weighted by atomic mass is 32.2. The molecule has 1 aromatic heterocycles. The predicted molar refractivity (Wildman–Crippen MR) is 132 cm³/mol. The molecule has 1 unspecified atom stereocenters. The van der Waals surface area contributed by atoms with Crippen molar-refractivity contribution in [3.8, 4) is 0 Å². The number of rotatable bonds is 8. The third-order valence-corrected chi connectivity index (χ3v) is 6.81. The quantitative estimate of drug-likeness (QED) is 0.403. The van der Waals surface area contributed by atoms with Crippen molar-refractivity contribution in [3.63, 3.8) is 0 Å². The summed E-state index contributed by atoms with van der Waals surface area (Å²) < 4.78 is 10.3. The first-order valence-electron chi connectivity index (χ1n) is 10.6. The predicted octanol–water partition coefficient (Wildman–Crippen LogP) is 2.42. The number of hydrogen-bond acceptors (Lipinski definition) is 10. The van der Waals surface area contributed by atoms with E-state index in [4.69, 9.17) is 9.15 Å². The lowest BCUT2D eigenvalue weighted by Gasteiger charge is -2.14. The van der Waals surface area contributed by atoms with E-state index in [0.29, 0.717) is 27.3 Å². The van der Waals surface area contributed by atoms with Crippen molar-refractivity contribution in [2.45, 2.75) is 25.1 Å². The fourth-order valence-electron chi connectivity index (χ4n) is 3.17. The molecule has 35 heavy (non-hydrogen) atoms. The molecule has 0 spiro atoms. The van der Waals surface area contributed by atoms with Crippen LogP contribution < -0.4 is 10.6 Å². The molecule has 0 saturated carbocycles. The number of anilines is 1. The molecule has 2 N–H and O–H groups in total. The number of hydrogen-bond donors (Lipinski definition) is 2. The van der Waals surface area contributed by atoms with E-state index in [1.54, 1.807) is 43.3 Å². The second-order valence-corrected chi connectivity index (χ2v) is 9.42. The van der Waals surface area contributed by atoms with E-state index in [1.807, 2.05) is 0 Å². The van der Waals surface area contributed by atoms with Crippen LogP contribution in [0.15, 0.2) is 57.3 Å². The average Bonchev–Trinajstić information content (AvgIpc) is 3.57. The Morgan fingerprint density at radius 1 is 1.23 bits per heavy atom. The Kier molecular flexibility index (Phi) is 7.87. The van der Waals surface area contributed by atoms with E-state index >= 15 is 0 Å². The number of carbonyl (C=O) groups excluding carboxylic acids is 4. The van der Waals surface area contributed by atoms with Gasteiger partial charge in [0.15, 0.2) is 10.3 Å². The Morgan fingerprint density at radius 3 is 2.69 bits per heavy atom. The minimum absolute atomic E-state index is 0.0984. The Bertz CT molecular complexity index is 1180. The van der Waals surface area contributed by atoms with Gasteiger partial charge in [-0.1, -0.05) is 23.5 Å². The zero-order valence-corrected chi connectivity index (χ0v) is 20.2. The molecule has 3 amide bonds. The molecular formula is C22H21N5O6S2. The second kappa shape index (κ2) is 11.2. The van der Waals surface area contributed by atoms with E-state index in [2.05, 4.69) is 20.8 Å². The maximum atomic E-state index is 13.1. The Hall–Kier alpha value is -3.58. The van der Waals surface area contributed by atoms with Crippen LogP contribution in [0.3, 0.4) is 0 Å². The lowest BCUT2D eigenvalue weighted by Crippen LogP contribution is -2.33. The van der Waals surface area contributed by atoms with E-state index < -0.39 is 11.2 Å². The van der Waals surface area contributed by atoms with Gasteiger partial charge in [-0.2, -0.15) is 0 Å². The third kappa shape index (κ3) is 6.31. The van der Waals surface area contributed by atoms with Crippen LogP contribution in [0.2, 0.25) is 0 Å². The van der Waals surface area contributed by atoms with Gasteiger partial charge < -0.3 is 19.8 Å². The van der Waals surface area contributed by atoms with Crippen molar-refractivity contribution in [2.75, 3.05) is 17.7 Å². The molecule has 3 heterocycles. The number of nitrogens with one attached hydrogen (secondary N) is 2. The molecule has 4 rings (SSSR count). The summed E-state index contributed by atoms with van der Waals surface area (Å²) in [6, 6.07) is 9.73. The lowest BCUT2D eigenvalue weighted by atomic mass is 10.2. The second-order valence-electron chi connectivity index (χ2n) is 7.28. The maximum absolute atomic E-state index is 13.1. The van der Waals surface area contributed by atoms with Crippen LogP contribution in [-0.4, -0.2) is 56.5 Å². The van der Waals surface area contributed by atoms with Crippen molar-refractivity contribution in [2.24, 2.45) is 10.2 Å². The number of esters is 1. The molecule has 2 saturated heterocycles. The minimum atomic E-state index is -0.714. The molecule has 0 aliphatic carbocycles. The molecule has 1 atom stereocenters.